The number of anilines is 1. The van der Waals surface area contributed by atoms with Crippen molar-refractivity contribution < 1.29 is 8.42 Å². The average Bonchev–Trinajstić information content (AvgIpc) is 2.18. The Kier molecular flexibility index (Phi) is 4.11. The number of sulfonamides is 1. The molecule has 15 heavy (non-hydrogen) atoms. The molecule has 0 bridgehead atoms. The summed E-state index contributed by atoms with van der Waals surface area (Å²) in [6, 6.07) is 6.16. The summed E-state index contributed by atoms with van der Waals surface area (Å²) in [4.78, 5) is 0.257. The molecule has 0 spiro atoms. The Labute approximate surface area is 90.5 Å². The number of hydrogen-bond donors (Lipinski definition) is 2. The monoisotopic (exact) mass is 228 g/mol. The Balaban J connectivity index is 2.73. The van der Waals surface area contributed by atoms with Crippen molar-refractivity contribution >= 4 is 15.7 Å². The molecule has 0 aliphatic carbocycles. The largest absolute Gasteiger partial charge is 0.399 e. The molecule has 0 fully saturated rings. The molecule has 1 rings (SSSR count). The Bertz CT molecular complexity index is 398. The molecular formula is C10H16N2O2S. The summed E-state index contributed by atoms with van der Waals surface area (Å²) in [6.45, 7) is 2.49. The highest BCUT2D eigenvalue weighted by molar-refractivity contribution is 7.89. The van der Waals surface area contributed by atoms with Crippen LogP contribution >= 0.6 is 0 Å². The van der Waals surface area contributed by atoms with Crippen LogP contribution in [0.25, 0.3) is 0 Å². The molecule has 0 atom stereocenters. The van der Waals surface area contributed by atoms with Crippen molar-refractivity contribution in [1.29, 1.82) is 0 Å². The van der Waals surface area contributed by atoms with Crippen molar-refractivity contribution in [2.45, 2.75) is 24.7 Å². The first kappa shape index (κ1) is 12.0. The van der Waals surface area contributed by atoms with Crippen LogP contribution in [0.4, 0.5) is 5.69 Å². The zero-order valence-corrected chi connectivity index (χ0v) is 9.55. The number of hydrogen-bond acceptors (Lipinski definition) is 3. The Morgan fingerprint density at radius 3 is 2.40 bits per heavy atom. The minimum absolute atomic E-state index is 0.257. The summed E-state index contributed by atoms with van der Waals surface area (Å²) in [7, 11) is -3.35. The van der Waals surface area contributed by atoms with E-state index >= 15 is 0 Å². The SMILES string of the molecule is CCCCNS(=O)(=O)c1ccc(N)cc1. The van der Waals surface area contributed by atoms with Gasteiger partial charge in [0.25, 0.3) is 0 Å². The van der Waals surface area contributed by atoms with Gasteiger partial charge in [-0.05, 0) is 30.7 Å². The zero-order valence-electron chi connectivity index (χ0n) is 8.73. The van der Waals surface area contributed by atoms with Crippen LogP contribution in [-0.2, 0) is 10.0 Å². The van der Waals surface area contributed by atoms with E-state index in [-0.39, 0.29) is 4.90 Å². The first-order valence-corrected chi connectivity index (χ1v) is 6.40. The maximum Gasteiger partial charge on any atom is 0.240 e. The molecule has 1 aromatic rings. The Morgan fingerprint density at radius 2 is 1.87 bits per heavy atom. The van der Waals surface area contributed by atoms with Gasteiger partial charge in [0, 0.05) is 12.2 Å². The normalized spacial score (nSPS) is 11.5. The second-order valence-corrected chi connectivity index (χ2v) is 5.09. The molecular weight excluding hydrogens is 212 g/mol. The van der Waals surface area contributed by atoms with Crippen LogP contribution in [-0.4, -0.2) is 15.0 Å². The fraction of sp³-hybridized carbons (Fsp3) is 0.400. The lowest BCUT2D eigenvalue weighted by molar-refractivity contribution is 0.578. The number of nitrogen functional groups attached to an aromatic ring is 1. The molecule has 3 N–H and O–H groups in total. The van der Waals surface area contributed by atoms with Crippen LogP contribution in [0.2, 0.25) is 0 Å². The molecule has 0 radical (unpaired) electrons. The minimum Gasteiger partial charge on any atom is -0.399 e. The van der Waals surface area contributed by atoms with E-state index in [0.29, 0.717) is 12.2 Å². The van der Waals surface area contributed by atoms with Crippen LogP contribution in [0.15, 0.2) is 29.2 Å². The van der Waals surface area contributed by atoms with Gasteiger partial charge in [-0.15, -0.1) is 0 Å². The van der Waals surface area contributed by atoms with Crippen molar-refractivity contribution in [3.63, 3.8) is 0 Å². The standard InChI is InChI=1S/C10H16N2O2S/c1-2-3-8-12-15(13,14)10-6-4-9(11)5-7-10/h4-7,12H,2-3,8,11H2,1H3. The highest BCUT2D eigenvalue weighted by atomic mass is 32.2. The molecule has 0 saturated heterocycles. The van der Waals surface area contributed by atoms with Gasteiger partial charge in [0.15, 0.2) is 0 Å². The van der Waals surface area contributed by atoms with E-state index in [9.17, 15) is 8.42 Å². The van der Waals surface area contributed by atoms with Crippen LogP contribution in [0.1, 0.15) is 19.8 Å². The summed E-state index contributed by atoms with van der Waals surface area (Å²) < 4.78 is 25.9. The Morgan fingerprint density at radius 1 is 1.27 bits per heavy atom. The van der Waals surface area contributed by atoms with Crippen molar-refractivity contribution in [2.24, 2.45) is 0 Å². The van der Waals surface area contributed by atoms with Crippen molar-refractivity contribution in [1.82, 2.24) is 4.72 Å². The predicted octanol–water partition coefficient (Wildman–Crippen LogP) is 1.35. The second kappa shape index (κ2) is 5.14. The number of benzene rings is 1. The van der Waals surface area contributed by atoms with E-state index in [1.165, 1.54) is 12.1 Å². The summed E-state index contributed by atoms with van der Waals surface area (Å²) in [5.74, 6) is 0. The summed E-state index contributed by atoms with van der Waals surface area (Å²) in [5, 5.41) is 0. The van der Waals surface area contributed by atoms with Crippen LogP contribution in [0, 0.1) is 0 Å². The van der Waals surface area contributed by atoms with Crippen LogP contribution in [0.5, 0.6) is 0 Å². The third kappa shape index (κ3) is 3.53. The highest BCUT2D eigenvalue weighted by Gasteiger charge is 2.11. The molecule has 0 aromatic heterocycles. The number of nitrogens with one attached hydrogen (secondary N) is 1. The molecule has 1 aromatic carbocycles. The van der Waals surface area contributed by atoms with Gasteiger partial charge in [0.2, 0.25) is 10.0 Å². The first-order chi connectivity index (χ1) is 7.06. The van der Waals surface area contributed by atoms with Gasteiger partial charge in [-0.1, -0.05) is 13.3 Å². The van der Waals surface area contributed by atoms with Gasteiger partial charge in [-0.3, -0.25) is 0 Å². The molecule has 0 unspecified atom stereocenters. The van der Waals surface area contributed by atoms with Crippen molar-refractivity contribution in [3.05, 3.63) is 24.3 Å². The van der Waals surface area contributed by atoms with Crippen molar-refractivity contribution in [2.75, 3.05) is 12.3 Å². The van der Waals surface area contributed by atoms with Gasteiger partial charge in [0.05, 0.1) is 4.90 Å². The van der Waals surface area contributed by atoms with Gasteiger partial charge < -0.3 is 5.73 Å². The van der Waals surface area contributed by atoms with E-state index in [0.717, 1.165) is 12.8 Å². The Hall–Kier alpha value is -1.07. The smallest absolute Gasteiger partial charge is 0.240 e. The maximum atomic E-state index is 11.7. The maximum absolute atomic E-state index is 11.7. The van der Waals surface area contributed by atoms with Crippen LogP contribution < -0.4 is 10.5 Å². The van der Waals surface area contributed by atoms with E-state index < -0.39 is 10.0 Å². The van der Waals surface area contributed by atoms with E-state index in [2.05, 4.69) is 4.72 Å². The fourth-order valence-electron chi connectivity index (χ4n) is 1.11. The summed E-state index contributed by atoms with van der Waals surface area (Å²) in [6.07, 6.45) is 1.80. The summed E-state index contributed by atoms with van der Waals surface area (Å²) >= 11 is 0. The predicted molar refractivity (Wildman–Crippen MR) is 61.0 cm³/mol. The molecule has 0 saturated carbocycles. The topological polar surface area (TPSA) is 72.2 Å². The molecule has 4 nitrogen and oxygen atoms in total. The third-order valence-electron chi connectivity index (χ3n) is 2.01. The molecule has 84 valence electrons. The van der Waals surface area contributed by atoms with Crippen LogP contribution in [0.3, 0.4) is 0 Å². The van der Waals surface area contributed by atoms with Gasteiger partial charge in [-0.25, -0.2) is 13.1 Å². The number of rotatable bonds is 5. The lowest BCUT2D eigenvalue weighted by Crippen LogP contribution is -2.24. The average molecular weight is 228 g/mol. The molecule has 0 amide bonds. The fourth-order valence-corrected chi connectivity index (χ4v) is 2.19. The van der Waals surface area contributed by atoms with E-state index in [1.807, 2.05) is 6.92 Å². The summed E-state index contributed by atoms with van der Waals surface area (Å²) in [5.41, 5.74) is 6.03. The van der Waals surface area contributed by atoms with Gasteiger partial charge in [-0.2, -0.15) is 0 Å². The van der Waals surface area contributed by atoms with Gasteiger partial charge >= 0.3 is 0 Å². The number of nitrogens with two attached hydrogens (primary N) is 1. The molecule has 5 heteroatoms. The van der Waals surface area contributed by atoms with E-state index in [1.54, 1.807) is 12.1 Å². The number of unbranched alkanes of at least 4 members (excludes halogenated alkanes) is 1. The highest BCUT2D eigenvalue weighted by Crippen LogP contribution is 2.11. The quantitative estimate of drug-likeness (QED) is 0.590. The van der Waals surface area contributed by atoms with Crippen molar-refractivity contribution in [3.8, 4) is 0 Å². The lowest BCUT2D eigenvalue weighted by Gasteiger charge is -2.05. The third-order valence-corrected chi connectivity index (χ3v) is 3.49. The molecule has 0 aliphatic heterocycles. The lowest BCUT2D eigenvalue weighted by atomic mass is 10.3. The zero-order chi connectivity index (χ0) is 11.3. The molecule has 0 heterocycles. The minimum atomic E-state index is -3.35. The second-order valence-electron chi connectivity index (χ2n) is 3.32. The van der Waals surface area contributed by atoms with E-state index in [4.69, 9.17) is 5.73 Å². The molecule has 0 aliphatic rings. The van der Waals surface area contributed by atoms with Gasteiger partial charge in [0.1, 0.15) is 0 Å². The first-order valence-electron chi connectivity index (χ1n) is 4.91.